The number of nitrogens with one attached hydrogen (secondary N) is 1. The van der Waals surface area contributed by atoms with E-state index in [1.807, 2.05) is 0 Å². The molecule has 0 bridgehead atoms. The zero-order valence-corrected chi connectivity index (χ0v) is 26.1. The number of rotatable bonds is 7. The Balaban J connectivity index is 0.00000361. The third kappa shape index (κ3) is 8.88. The van der Waals surface area contributed by atoms with Gasteiger partial charge in [-0.15, -0.1) is 10.2 Å². The molecule has 0 atom stereocenters. The summed E-state index contributed by atoms with van der Waals surface area (Å²) in [7, 11) is -10.1. The third-order valence-corrected chi connectivity index (χ3v) is 6.39. The minimum Gasteiger partial charge on any atom is -0.846 e. The van der Waals surface area contributed by atoms with Crippen LogP contribution in [0.15, 0.2) is 61.4 Å². The summed E-state index contributed by atoms with van der Waals surface area (Å²) < 4.78 is 79.9. The van der Waals surface area contributed by atoms with E-state index in [0.717, 1.165) is 12.1 Å². The maximum Gasteiger partial charge on any atom is 1.00 e. The maximum absolute atomic E-state index is 13.6. The average Bonchev–Trinajstić information content (AvgIpc) is 2.75. The summed E-state index contributed by atoms with van der Waals surface area (Å²) in [5, 5.41) is 21.6. The smallest absolute Gasteiger partial charge is 0.846 e. The van der Waals surface area contributed by atoms with Gasteiger partial charge in [-0.2, -0.15) is 17.8 Å². The molecule has 1 heterocycles. The normalized spacial score (nSPS) is 12.1. The summed E-state index contributed by atoms with van der Waals surface area (Å²) in [6.45, 7) is 1.45. The van der Waals surface area contributed by atoms with E-state index in [-0.39, 0.29) is 92.7 Å². The summed E-state index contributed by atoms with van der Waals surface area (Å²) in [6, 6.07) is 4.74. The van der Waals surface area contributed by atoms with Gasteiger partial charge in [-0.1, -0.05) is 11.6 Å². The Labute approximate surface area is 264 Å². The van der Waals surface area contributed by atoms with Gasteiger partial charge in [0.05, 0.1) is 22.3 Å². The zero-order chi connectivity index (χ0) is 26.8. The molecule has 0 aliphatic carbocycles. The van der Waals surface area contributed by atoms with Crippen LogP contribution in [0.1, 0.15) is 5.69 Å². The van der Waals surface area contributed by atoms with Crippen LogP contribution >= 0.6 is 11.6 Å². The van der Waals surface area contributed by atoms with Crippen molar-refractivity contribution in [2.24, 2.45) is 21.0 Å². The van der Waals surface area contributed by atoms with Crippen LogP contribution in [-0.2, 0) is 20.2 Å². The summed E-state index contributed by atoms with van der Waals surface area (Å²) in [5.41, 5.74) is 4.65. The molecule has 1 aromatic heterocycles. The molecular formula is C18H13ClFN7Na2O7S2. The van der Waals surface area contributed by atoms with Gasteiger partial charge in [0.1, 0.15) is 31.4 Å². The van der Waals surface area contributed by atoms with Gasteiger partial charge >= 0.3 is 65.2 Å². The number of benzene rings is 2. The number of azo groups is 1. The number of halogens is 2. The standard InChI is InChI=1S/C18H15ClFN7O7S2.2Na/c1-8-15(19)16(25-17(20)22-8)23-9-2-4-11(13(6-9)24-18(21)28)26-27-12-5-3-10(35(29,30)31)7-14(12)36(32,33)34;;/h2-7H,1H3,(H3,21,24,28)(H,22,23,25)(H,29,30,31)(H,32,33,34);;/q;2*+1/p-2. The number of aromatic nitrogens is 2. The maximum atomic E-state index is 13.6. The van der Waals surface area contributed by atoms with E-state index < -0.39 is 47.8 Å². The van der Waals surface area contributed by atoms with E-state index in [9.17, 15) is 35.4 Å². The van der Waals surface area contributed by atoms with Crippen molar-refractivity contribution in [1.29, 1.82) is 0 Å². The first-order valence-electron chi connectivity index (χ1n) is 9.26. The van der Waals surface area contributed by atoms with Crippen molar-refractivity contribution < 1.29 is 94.6 Å². The molecule has 0 aliphatic rings. The van der Waals surface area contributed by atoms with E-state index in [4.69, 9.17) is 17.3 Å². The van der Waals surface area contributed by atoms with Gasteiger partial charge in [-0.05, 0) is 43.3 Å². The number of anilines is 2. The van der Waals surface area contributed by atoms with Gasteiger partial charge in [-0.3, -0.25) is 4.55 Å². The molecule has 0 spiro atoms. The van der Waals surface area contributed by atoms with Crippen LogP contribution in [0.3, 0.4) is 0 Å². The van der Waals surface area contributed by atoms with Crippen LogP contribution in [-0.4, -0.2) is 41.9 Å². The summed E-state index contributed by atoms with van der Waals surface area (Å²) >= 11 is 6.07. The summed E-state index contributed by atoms with van der Waals surface area (Å²) in [4.78, 5) is 8.65. The van der Waals surface area contributed by atoms with Crippen molar-refractivity contribution in [2.75, 3.05) is 5.32 Å². The molecule has 0 fully saturated rings. The summed E-state index contributed by atoms with van der Waals surface area (Å²) in [5.74, 6) is -0.0905. The fourth-order valence-corrected chi connectivity index (χ4v) is 4.04. The van der Waals surface area contributed by atoms with Crippen LogP contribution in [0.4, 0.5) is 33.0 Å². The number of aryl methyl sites for hydroxylation is 1. The second kappa shape index (κ2) is 13.5. The minimum atomic E-state index is -5.04. The molecule has 190 valence electrons. The van der Waals surface area contributed by atoms with Crippen molar-refractivity contribution in [3.8, 4) is 0 Å². The first-order chi connectivity index (χ1) is 16.6. The van der Waals surface area contributed by atoms with Gasteiger partial charge in [-0.25, -0.2) is 18.4 Å². The Morgan fingerprint density at radius 3 is 2.24 bits per heavy atom. The molecule has 2 aromatic carbocycles. The van der Waals surface area contributed by atoms with Gasteiger partial charge in [0, 0.05) is 5.69 Å². The first-order valence-corrected chi connectivity index (χ1v) is 12.5. The van der Waals surface area contributed by atoms with Crippen LogP contribution < -0.4 is 75.3 Å². The monoisotopic (exact) mass is 603 g/mol. The van der Waals surface area contributed by atoms with E-state index in [1.54, 1.807) is 0 Å². The van der Waals surface area contributed by atoms with Crippen LogP contribution in [0.2, 0.25) is 5.02 Å². The molecule has 0 saturated carbocycles. The second-order valence-electron chi connectivity index (χ2n) is 6.78. The van der Waals surface area contributed by atoms with Crippen molar-refractivity contribution in [1.82, 2.24) is 9.97 Å². The van der Waals surface area contributed by atoms with Gasteiger partial charge in [0.25, 0.3) is 10.1 Å². The predicted molar refractivity (Wildman–Crippen MR) is 121 cm³/mol. The fourth-order valence-electron chi connectivity index (χ4n) is 2.69. The Hall–Kier alpha value is -1.77. The quantitative estimate of drug-likeness (QED) is 0.0591. The van der Waals surface area contributed by atoms with Gasteiger partial charge in [0.2, 0.25) is 0 Å². The van der Waals surface area contributed by atoms with Crippen molar-refractivity contribution in [3.05, 3.63) is 53.2 Å². The molecule has 3 rings (SSSR count). The molecular weight excluding hydrogens is 591 g/mol. The van der Waals surface area contributed by atoms with E-state index in [0.29, 0.717) is 6.07 Å². The van der Waals surface area contributed by atoms with Crippen LogP contribution in [0, 0.1) is 13.0 Å². The van der Waals surface area contributed by atoms with Crippen LogP contribution in [0.5, 0.6) is 0 Å². The number of nitrogens with two attached hydrogens (primary N) is 1. The zero-order valence-electron chi connectivity index (χ0n) is 19.7. The van der Waals surface area contributed by atoms with E-state index in [2.05, 4.69) is 30.5 Å². The molecule has 0 radical (unpaired) electrons. The van der Waals surface area contributed by atoms with Crippen molar-refractivity contribution in [2.45, 2.75) is 16.7 Å². The second-order valence-corrected chi connectivity index (χ2v) is 9.93. The average molecular weight is 604 g/mol. The van der Waals surface area contributed by atoms with E-state index >= 15 is 0 Å². The number of nitrogens with zero attached hydrogens (tertiary/aromatic N) is 5. The molecule has 0 aliphatic heterocycles. The van der Waals surface area contributed by atoms with Crippen molar-refractivity contribution >= 4 is 66.4 Å². The summed E-state index contributed by atoms with van der Waals surface area (Å²) in [6.07, 6.45) is -1.04. The SMILES string of the molecule is Cc1nc(F)nc(Nc2ccc(N=Nc3ccc(S(=O)(=O)[O-])cc3S(=O)(=O)O)c(N=C(N)[O-])c2)c1Cl.[Na+].[Na+]. The first kappa shape index (κ1) is 34.3. The topological polar surface area (TPSA) is 236 Å². The fraction of sp³-hybridized carbons (Fsp3) is 0.0556. The van der Waals surface area contributed by atoms with E-state index in [1.165, 1.54) is 25.1 Å². The molecule has 3 aromatic rings. The predicted octanol–water partition coefficient (Wildman–Crippen LogP) is -3.80. The Kier molecular flexibility index (Phi) is 12.2. The Morgan fingerprint density at radius 2 is 1.66 bits per heavy atom. The number of hydrogen-bond acceptors (Lipinski definition) is 12. The minimum absolute atomic E-state index is 0. The molecule has 0 amide bonds. The Morgan fingerprint density at radius 1 is 1.05 bits per heavy atom. The van der Waals surface area contributed by atoms with Gasteiger partial charge in [0.15, 0.2) is 5.82 Å². The van der Waals surface area contributed by atoms with Crippen molar-refractivity contribution in [3.63, 3.8) is 0 Å². The molecule has 0 saturated heterocycles. The molecule has 38 heavy (non-hydrogen) atoms. The number of aliphatic imine (C=N–C) groups is 1. The number of hydrogen-bond donors (Lipinski definition) is 3. The molecule has 4 N–H and O–H groups in total. The molecule has 20 heteroatoms. The molecule has 14 nitrogen and oxygen atoms in total. The number of amidine groups is 1. The van der Waals surface area contributed by atoms with Gasteiger partial charge < -0.3 is 20.7 Å². The Bertz CT molecular complexity index is 1640. The molecule has 0 unspecified atom stereocenters. The third-order valence-electron chi connectivity index (χ3n) is 4.22. The van der Waals surface area contributed by atoms with Crippen LogP contribution in [0.25, 0.3) is 0 Å². The largest absolute Gasteiger partial charge is 1.00 e.